The van der Waals surface area contributed by atoms with Gasteiger partial charge in [0.05, 0.1) is 17.9 Å². The number of hydrogen-bond donors (Lipinski definition) is 4. The number of piperidine rings is 1. The molecule has 2 heterocycles. The van der Waals surface area contributed by atoms with Crippen molar-refractivity contribution in [3.8, 4) is 0 Å². The zero-order valence-electron chi connectivity index (χ0n) is 31.2. The maximum atomic E-state index is 14.5. The molecule has 7 atom stereocenters. The standard InChI is InChI=1S/C35H60N6O8S/c1-9-50(47,48)40(8)20-25(34(3,4)5)38-33(46)39-27-21(2)49-18-14-12-10-11-13-15-24(29(42)31(44)36-22-16-17-22)37-30(43)28-26-23(35(26,6)7)19-41(28)32(27)45/h21-28H,9-20H2,1-8H3,(H,36,44)(H,37,43)(H2,38,39,46)/t21-,23-,24+,25+,26-,27-,28-/m0/s1. The minimum Gasteiger partial charge on any atom is -0.376 e. The van der Waals surface area contributed by atoms with Gasteiger partial charge in [-0.15, -0.1) is 0 Å². The number of sulfonamides is 1. The predicted molar refractivity (Wildman–Crippen MR) is 188 cm³/mol. The van der Waals surface area contributed by atoms with E-state index in [1.807, 2.05) is 20.8 Å². The molecule has 2 saturated carbocycles. The molecule has 4 aliphatic rings. The molecule has 2 aliphatic carbocycles. The number of Topliss-reactive ketones (excluding diaryl/α,β-unsaturated/α-hetero) is 1. The Morgan fingerprint density at radius 3 is 2.30 bits per heavy atom. The van der Waals surface area contributed by atoms with Gasteiger partial charge in [-0.3, -0.25) is 19.2 Å². The molecule has 0 bridgehead atoms. The molecule has 0 radical (unpaired) electrons. The van der Waals surface area contributed by atoms with E-state index in [9.17, 15) is 32.4 Å². The molecule has 0 aromatic rings. The van der Waals surface area contributed by atoms with Crippen molar-refractivity contribution >= 4 is 39.6 Å². The van der Waals surface area contributed by atoms with Gasteiger partial charge in [0.1, 0.15) is 12.1 Å². The lowest BCUT2D eigenvalue weighted by atomic mass is 9.87. The van der Waals surface area contributed by atoms with Crippen molar-refractivity contribution in [2.75, 3.05) is 32.5 Å². The van der Waals surface area contributed by atoms with Crippen molar-refractivity contribution in [3.63, 3.8) is 0 Å². The van der Waals surface area contributed by atoms with Crippen LogP contribution in [0.2, 0.25) is 0 Å². The van der Waals surface area contributed by atoms with Gasteiger partial charge in [0.25, 0.3) is 5.91 Å². The van der Waals surface area contributed by atoms with Gasteiger partial charge in [0, 0.05) is 38.8 Å². The maximum absolute atomic E-state index is 14.5. The van der Waals surface area contributed by atoms with Crippen molar-refractivity contribution in [1.29, 1.82) is 0 Å². The molecule has 0 spiro atoms. The van der Waals surface area contributed by atoms with Gasteiger partial charge in [-0.05, 0) is 62.2 Å². The smallest absolute Gasteiger partial charge is 0.315 e. The van der Waals surface area contributed by atoms with Crippen molar-refractivity contribution in [2.24, 2.45) is 22.7 Å². The summed E-state index contributed by atoms with van der Waals surface area (Å²) >= 11 is 0. The molecule has 5 amide bonds. The Bertz CT molecular complexity index is 1390. The van der Waals surface area contributed by atoms with E-state index >= 15 is 0 Å². The van der Waals surface area contributed by atoms with E-state index in [4.69, 9.17) is 4.74 Å². The Hall–Kier alpha value is -2.78. The lowest BCUT2D eigenvalue weighted by Crippen LogP contribution is -2.62. The van der Waals surface area contributed by atoms with Crippen LogP contribution in [0.25, 0.3) is 0 Å². The van der Waals surface area contributed by atoms with Gasteiger partial charge in [-0.25, -0.2) is 17.5 Å². The molecule has 15 heteroatoms. The third-order valence-electron chi connectivity index (χ3n) is 11.2. The number of ketones is 1. The maximum Gasteiger partial charge on any atom is 0.315 e. The van der Waals surface area contributed by atoms with Crippen LogP contribution in [0.3, 0.4) is 0 Å². The first kappa shape index (κ1) is 40.0. The number of nitrogens with one attached hydrogen (secondary N) is 4. The number of urea groups is 1. The molecule has 2 saturated heterocycles. The average molecular weight is 725 g/mol. The molecule has 0 aromatic carbocycles. The number of carbonyl (C=O) groups excluding carboxylic acids is 5. The van der Waals surface area contributed by atoms with Crippen LogP contribution in [0.1, 0.15) is 99.8 Å². The second-order valence-corrected chi connectivity index (χ2v) is 18.8. The van der Waals surface area contributed by atoms with E-state index in [2.05, 4.69) is 35.1 Å². The molecule has 284 valence electrons. The quantitative estimate of drug-likeness (QED) is 0.260. The van der Waals surface area contributed by atoms with Gasteiger partial charge in [-0.2, -0.15) is 0 Å². The fourth-order valence-corrected chi connectivity index (χ4v) is 8.17. The Labute approximate surface area is 298 Å². The molecule has 4 rings (SSSR count). The van der Waals surface area contributed by atoms with Gasteiger partial charge < -0.3 is 30.9 Å². The van der Waals surface area contributed by atoms with Crippen LogP contribution < -0.4 is 21.3 Å². The topological polar surface area (TPSA) is 183 Å². The number of carbonyl (C=O) groups is 5. The third-order valence-corrected chi connectivity index (χ3v) is 13.0. The number of hydrogen-bond acceptors (Lipinski definition) is 8. The number of ether oxygens (including phenoxy) is 1. The second kappa shape index (κ2) is 15.9. The SMILES string of the molecule is CCS(=O)(=O)N(C)C[C@@H](NC(=O)N[C@@H]1C(=O)N2C[C@H]3[C@@H]([C@H]2C(=O)N[C@@H](C(=O)C(=O)NC2CC2)CCCCCCCO[C@H]1C)C3(C)C)C(C)(C)C. The highest BCUT2D eigenvalue weighted by Crippen LogP contribution is 2.65. The van der Waals surface area contributed by atoms with Crippen LogP contribution in [-0.4, -0.2) is 116 Å². The fraction of sp³-hybridized carbons (Fsp3) is 0.857. The first-order chi connectivity index (χ1) is 23.3. The van der Waals surface area contributed by atoms with E-state index in [1.165, 1.54) is 16.3 Å². The minimum atomic E-state index is -3.51. The number of likely N-dealkylation sites (N-methyl/N-ethyl adjacent to an activating group) is 1. The first-order valence-corrected chi connectivity index (χ1v) is 20.0. The van der Waals surface area contributed by atoms with Crippen molar-refractivity contribution in [1.82, 2.24) is 30.5 Å². The van der Waals surface area contributed by atoms with E-state index in [0.29, 0.717) is 26.0 Å². The fourth-order valence-electron chi connectivity index (χ4n) is 7.35. The largest absolute Gasteiger partial charge is 0.376 e. The second-order valence-electron chi connectivity index (χ2n) is 16.4. The molecule has 0 unspecified atom stereocenters. The summed E-state index contributed by atoms with van der Waals surface area (Å²) in [5, 5.41) is 11.3. The zero-order chi connectivity index (χ0) is 37.2. The third kappa shape index (κ3) is 9.55. The zero-order valence-corrected chi connectivity index (χ0v) is 32.0. The normalized spacial score (nSPS) is 30.1. The summed E-state index contributed by atoms with van der Waals surface area (Å²) in [5.74, 6) is -2.51. The highest BCUT2D eigenvalue weighted by molar-refractivity contribution is 7.89. The van der Waals surface area contributed by atoms with Crippen LogP contribution >= 0.6 is 0 Å². The molecule has 4 N–H and O–H groups in total. The van der Waals surface area contributed by atoms with Crippen LogP contribution in [0.5, 0.6) is 0 Å². The molecule has 2 aliphatic heterocycles. The van der Waals surface area contributed by atoms with Crippen LogP contribution in [-0.2, 0) is 33.9 Å². The molecule has 4 fully saturated rings. The highest BCUT2D eigenvalue weighted by Gasteiger charge is 2.69. The van der Waals surface area contributed by atoms with E-state index in [1.54, 1.807) is 13.8 Å². The van der Waals surface area contributed by atoms with Crippen LogP contribution in [0, 0.1) is 22.7 Å². The summed E-state index contributed by atoms with van der Waals surface area (Å²) in [7, 11) is -2.04. The summed E-state index contributed by atoms with van der Waals surface area (Å²) in [6, 6.07) is -4.31. The summed E-state index contributed by atoms with van der Waals surface area (Å²) < 4.78 is 32.4. The Kier molecular flexibility index (Phi) is 12.7. The van der Waals surface area contributed by atoms with Gasteiger partial charge in [0.15, 0.2) is 0 Å². The van der Waals surface area contributed by atoms with Crippen molar-refractivity contribution in [2.45, 2.75) is 136 Å². The summed E-state index contributed by atoms with van der Waals surface area (Å²) in [6.07, 6.45) is 5.17. The Balaban J connectivity index is 1.58. The number of fused-ring (bicyclic) bond motifs is 3. The predicted octanol–water partition coefficient (Wildman–Crippen LogP) is 1.93. The molecule has 0 aromatic heterocycles. The monoisotopic (exact) mass is 724 g/mol. The minimum absolute atomic E-state index is 0.000815. The first-order valence-electron chi connectivity index (χ1n) is 18.4. The molecular formula is C35H60N6O8S. The Morgan fingerprint density at radius 2 is 1.68 bits per heavy atom. The van der Waals surface area contributed by atoms with Gasteiger partial charge in [0.2, 0.25) is 27.6 Å². The van der Waals surface area contributed by atoms with Crippen LogP contribution in [0.4, 0.5) is 4.79 Å². The summed E-state index contributed by atoms with van der Waals surface area (Å²) in [6.45, 7) is 13.8. The molecule has 14 nitrogen and oxygen atoms in total. The van der Waals surface area contributed by atoms with Gasteiger partial charge >= 0.3 is 6.03 Å². The highest BCUT2D eigenvalue weighted by atomic mass is 32.2. The lowest BCUT2D eigenvalue weighted by Gasteiger charge is -2.37. The van der Waals surface area contributed by atoms with Gasteiger partial charge in [-0.1, -0.05) is 60.3 Å². The van der Waals surface area contributed by atoms with E-state index in [0.717, 1.165) is 38.5 Å². The van der Waals surface area contributed by atoms with E-state index < -0.39 is 75.2 Å². The molecular weight excluding hydrogens is 664 g/mol. The number of amides is 5. The number of nitrogens with zero attached hydrogens (tertiary/aromatic N) is 2. The van der Waals surface area contributed by atoms with Crippen LogP contribution in [0.15, 0.2) is 0 Å². The average Bonchev–Trinajstić information content (AvgIpc) is 3.89. The number of rotatable bonds is 9. The lowest BCUT2D eigenvalue weighted by molar-refractivity contribution is -0.146. The summed E-state index contributed by atoms with van der Waals surface area (Å²) in [5.41, 5.74) is -0.744. The van der Waals surface area contributed by atoms with E-state index in [-0.39, 0.29) is 35.6 Å². The van der Waals surface area contributed by atoms with Crippen molar-refractivity contribution in [3.05, 3.63) is 0 Å². The summed E-state index contributed by atoms with van der Waals surface area (Å²) in [4.78, 5) is 69.9. The molecule has 50 heavy (non-hydrogen) atoms. The van der Waals surface area contributed by atoms with Crippen molar-refractivity contribution < 1.29 is 37.1 Å². The Morgan fingerprint density at radius 1 is 1.04 bits per heavy atom.